The molecule has 4 rings (SSSR count). The van der Waals surface area contributed by atoms with Gasteiger partial charge >= 0.3 is 0 Å². The van der Waals surface area contributed by atoms with Gasteiger partial charge in [-0.15, -0.1) is 0 Å². The topological polar surface area (TPSA) is 62.7 Å². The first-order chi connectivity index (χ1) is 13.6. The fourth-order valence-corrected chi connectivity index (χ4v) is 3.25. The number of fused-ring (bicyclic) bond motifs is 1. The van der Waals surface area contributed by atoms with E-state index in [1.165, 1.54) is 12.1 Å². The van der Waals surface area contributed by atoms with Gasteiger partial charge in [-0.2, -0.15) is 5.10 Å². The van der Waals surface area contributed by atoms with E-state index in [9.17, 15) is 9.18 Å². The predicted octanol–water partition coefficient (Wildman–Crippen LogP) is 3.49. The van der Waals surface area contributed by atoms with Gasteiger partial charge in [0.1, 0.15) is 11.5 Å². The van der Waals surface area contributed by atoms with Gasteiger partial charge in [-0.05, 0) is 55.8 Å². The summed E-state index contributed by atoms with van der Waals surface area (Å²) < 4.78 is 14.7. The van der Waals surface area contributed by atoms with Crippen LogP contribution in [0.4, 0.5) is 4.39 Å². The molecule has 0 unspecified atom stereocenters. The van der Waals surface area contributed by atoms with Gasteiger partial charge in [-0.25, -0.2) is 9.07 Å². The Morgan fingerprint density at radius 2 is 1.86 bits per heavy atom. The maximum absolute atomic E-state index is 13.0. The molecule has 0 amide bonds. The smallest absolute Gasteiger partial charge is 0.254 e. The van der Waals surface area contributed by atoms with Crippen molar-refractivity contribution in [2.24, 2.45) is 0 Å². The average molecular weight is 376 g/mol. The second-order valence-corrected chi connectivity index (χ2v) is 6.77. The zero-order valence-corrected chi connectivity index (χ0v) is 15.6. The van der Waals surface area contributed by atoms with Crippen LogP contribution < -0.4 is 10.9 Å². The van der Waals surface area contributed by atoms with Crippen LogP contribution in [0.15, 0.2) is 65.5 Å². The van der Waals surface area contributed by atoms with Crippen LogP contribution in [0, 0.1) is 12.7 Å². The highest BCUT2D eigenvalue weighted by atomic mass is 19.1. The van der Waals surface area contributed by atoms with Crippen molar-refractivity contribution in [1.29, 1.82) is 0 Å². The molecule has 0 spiro atoms. The van der Waals surface area contributed by atoms with Crippen molar-refractivity contribution >= 4 is 11.0 Å². The van der Waals surface area contributed by atoms with Gasteiger partial charge in [0.15, 0.2) is 0 Å². The Bertz CT molecular complexity index is 1150. The molecule has 4 aromatic rings. The molecule has 0 bridgehead atoms. The van der Waals surface area contributed by atoms with Crippen LogP contribution in [0.1, 0.15) is 16.8 Å². The highest BCUT2D eigenvalue weighted by Crippen LogP contribution is 2.19. The summed E-state index contributed by atoms with van der Waals surface area (Å²) in [5, 5.41) is 8.80. The molecule has 0 aliphatic carbocycles. The monoisotopic (exact) mass is 376 g/mol. The predicted molar refractivity (Wildman–Crippen MR) is 108 cm³/mol. The summed E-state index contributed by atoms with van der Waals surface area (Å²) in [6.07, 6.45) is 0.769. The minimum atomic E-state index is -0.233. The van der Waals surface area contributed by atoms with E-state index in [0.717, 1.165) is 28.8 Å². The van der Waals surface area contributed by atoms with Crippen LogP contribution in [-0.2, 0) is 13.0 Å². The lowest BCUT2D eigenvalue weighted by molar-refractivity contribution is 0.626. The third kappa shape index (κ3) is 3.73. The molecular weight excluding hydrogens is 355 g/mol. The maximum atomic E-state index is 13.0. The van der Waals surface area contributed by atoms with Crippen LogP contribution in [-0.4, -0.2) is 21.3 Å². The van der Waals surface area contributed by atoms with Crippen molar-refractivity contribution in [3.8, 4) is 5.69 Å². The first kappa shape index (κ1) is 18.1. The summed E-state index contributed by atoms with van der Waals surface area (Å²) in [6.45, 7) is 3.10. The second kappa shape index (κ2) is 7.78. The van der Waals surface area contributed by atoms with Crippen molar-refractivity contribution in [3.63, 3.8) is 0 Å². The lowest BCUT2D eigenvalue weighted by atomic mass is 10.1. The summed E-state index contributed by atoms with van der Waals surface area (Å²) in [5.74, 6) is -0.233. The number of aromatic amines is 1. The van der Waals surface area contributed by atoms with E-state index < -0.39 is 0 Å². The summed E-state index contributed by atoms with van der Waals surface area (Å²) in [5.41, 5.74) is 4.06. The minimum absolute atomic E-state index is 0.126. The van der Waals surface area contributed by atoms with Crippen molar-refractivity contribution in [3.05, 3.63) is 93.7 Å². The summed E-state index contributed by atoms with van der Waals surface area (Å²) in [4.78, 5) is 15.5. The standard InChI is InChI=1S/C22H21FN4O/c1-15-20-13-17(14-24-12-11-16-7-9-18(23)10-8-16)22(28)25-21(20)27(26-15)19-5-3-2-4-6-19/h2-10,13,24H,11-12,14H2,1H3,(H,25,28). The van der Waals surface area contributed by atoms with E-state index in [-0.39, 0.29) is 11.4 Å². The van der Waals surface area contributed by atoms with Crippen LogP contribution in [0.5, 0.6) is 0 Å². The number of benzene rings is 2. The Hall–Kier alpha value is -3.25. The zero-order chi connectivity index (χ0) is 19.5. The SMILES string of the molecule is Cc1nn(-c2ccccc2)c2[nH]c(=O)c(CNCCc3ccc(F)cc3)cc12. The highest BCUT2D eigenvalue weighted by Gasteiger charge is 2.12. The molecule has 6 heteroatoms. The molecule has 2 heterocycles. The Kier molecular flexibility index (Phi) is 5.04. The van der Waals surface area contributed by atoms with Gasteiger partial charge in [0.2, 0.25) is 0 Å². The highest BCUT2D eigenvalue weighted by molar-refractivity contribution is 5.80. The van der Waals surface area contributed by atoms with E-state index in [1.54, 1.807) is 16.8 Å². The van der Waals surface area contributed by atoms with Crippen LogP contribution in [0.25, 0.3) is 16.7 Å². The quantitative estimate of drug-likeness (QED) is 0.507. The molecule has 2 aromatic carbocycles. The van der Waals surface area contributed by atoms with E-state index in [2.05, 4.69) is 15.4 Å². The number of rotatable bonds is 6. The summed E-state index contributed by atoms with van der Waals surface area (Å²) >= 11 is 0. The second-order valence-electron chi connectivity index (χ2n) is 6.77. The van der Waals surface area contributed by atoms with Gasteiger partial charge in [0, 0.05) is 17.5 Å². The fraction of sp³-hybridized carbons (Fsp3) is 0.182. The number of pyridine rings is 1. The molecule has 2 aromatic heterocycles. The third-order valence-electron chi connectivity index (χ3n) is 4.77. The molecule has 0 aliphatic rings. The number of nitrogens with zero attached hydrogens (tertiary/aromatic N) is 2. The average Bonchev–Trinajstić information content (AvgIpc) is 3.03. The largest absolute Gasteiger partial charge is 0.312 e. The molecule has 0 radical (unpaired) electrons. The number of hydrogen-bond donors (Lipinski definition) is 2. The molecule has 142 valence electrons. The summed E-state index contributed by atoms with van der Waals surface area (Å²) in [6, 6.07) is 18.1. The molecular formula is C22H21FN4O. The normalized spacial score (nSPS) is 11.2. The maximum Gasteiger partial charge on any atom is 0.254 e. The number of aromatic nitrogens is 3. The van der Waals surface area contributed by atoms with Gasteiger partial charge in [0.05, 0.1) is 11.4 Å². The van der Waals surface area contributed by atoms with E-state index in [0.29, 0.717) is 24.3 Å². The Balaban J connectivity index is 1.51. The van der Waals surface area contributed by atoms with Crippen LogP contribution in [0.3, 0.4) is 0 Å². The summed E-state index contributed by atoms with van der Waals surface area (Å²) in [7, 11) is 0. The first-order valence-corrected chi connectivity index (χ1v) is 9.24. The van der Waals surface area contributed by atoms with Gasteiger partial charge in [0.25, 0.3) is 5.56 Å². The third-order valence-corrected chi connectivity index (χ3v) is 4.77. The molecule has 5 nitrogen and oxygen atoms in total. The van der Waals surface area contributed by atoms with E-state index >= 15 is 0 Å². The Morgan fingerprint density at radius 1 is 1.11 bits per heavy atom. The van der Waals surface area contributed by atoms with Gasteiger partial charge in [-0.1, -0.05) is 30.3 Å². The lowest BCUT2D eigenvalue weighted by Gasteiger charge is -2.06. The van der Waals surface area contributed by atoms with Crippen molar-refractivity contribution in [1.82, 2.24) is 20.1 Å². The first-order valence-electron chi connectivity index (χ1n) is 9.24. The molecule has 28 heavy (non-hydrogen) atoms. The number of nitrogens with one attached hydrogen (secondary N) is 2. The van der Waals surface area contributed by atoms with Gasteiger partial charge in [-0.3, -0.25) is 4.79 Å². The van der Waals surface area contributed by atoms with Crippen molar-refractivity contribution in [2.75, 3.05) is 6.54 Å². The number of para-hydroxylation sites is 1. The van der Waals surface area contributed by atoms with Gasteiger partial charge < -0.3 is 10.3 Å². The lowest BCUT2D eigenvalue weighted by Crippen LogP contribution is -2.23. The Morgan fingerprint density at radius 3 is 2.61 bits per heavy atom. The van der Waals surface area contributed by atoms with Crippen molar-refractivity contribution in [2.45, 2.75) is 19.9 Å². The molecule has 0 atom stereocenters. The van der Waals surface area contributed by atoms with Crippen LogP contribution in [0.2, 0.25) is 0 Å². The number of H-pyrrole nitrogens is 1. The minimum Gasteiger partial charge on any atom is -0.312 e. The molecule has 0 saturated heterocycles. The van der Waals surface area contributed by atoms with E-state index in [4.69, 9.17) is 0 Å². The van der Waals surface area contributed by atoms with Crippen LogP contribution >= 0.6 is 0 Å². The zero-order valence-electron chi connectivity index (χ0n) is 15.6. The fourth-order valence-electron chi connectivity index (χ4n) is 3.25. The molecule has 2 N–H and O–H groups in total. The number of hydrogen-bond acceptors (Lipinski definition) is 3. The molecule has 0 aliphatic heterocycles. The molecule has 0 saturated carbocycles. The van der Waals surface area contributed by atoms with Crippen molar-refractivity contribution < 1.29 is 4.39 Å². The van der Waals surface area contributed by atoms with E-state index in [1.807, 2.05) is 43.3 Å². The Labute approximate surface area is 161 Å². The number of aryl methyl sites for hydroxylation is 1. The number of halogens is 1. The molecule has 0 fully saturated rings.